The molecule has 4 nitrogen and oxygen atoms in total. The molecule has 5 rings (SSSR count). The van der Waals surface area contributed by atoms with Gasteiger partial charge in [0.15, 0.2) is 5.76 Å². The minimum Gasteiger partial charge on any atom is -0.497 e. The summed E-state index contributed by atoms with van der Waals surface area (Å²) in [6.07, 6.45) is 2.13. The largest absolute Gasteiger partial charge is 0.497 e. The Morgan fingerprint density at radius 1 is 0.821 bits per heavy atom. The molecule has 0 fully saturated rings. The number of rotatable bonds is 11. The van der Waals surface area contributed by atoms with Crippen molar-refractivity contribution in [2.24, 2.45) is 0 Å². The lowest BCUT2D eigenvalue weighted by Gasteiger charge is -2.15. The predicted molar refractivity (Wildman–Crippen MR) is 161 cm³/mol. The van der Waals surface area contributed by atoms with Crippen molar-refractivity contribution in [3.63, 3.8) is 0 Å². The molecule has 0 aliphatic carbocycles. The van der Waals surface area contributed by atoms with Crippen LogP contribution in [0, 0.1) is 6.92 Å². The Kier molecular flexibility index (Phi) is 8.23. The Balaban J connectivity index is 1.50. The summed E-state index contributed by atoms with van der Waals surface area (Å²) in [5.41, 5.74) is 8.13. The second kappa shape index (κ2) is 12.3. The molecule has 0 aliphatic heterocycles. The number of oxazole rings is 1. The minimum atomic E-state index is 0.566. The van der Waals surface area contributed by atoms with Crippen molar-refractivity contribution in [3.05, 3.63) is 121 Å². The number of benzene rings is 4. The van der Waals surface area contributed by atoms with Crippen LogP contribution in [0.15, 0.2) is 120 Å². The van der Waals surface area contributed by atoms with Gasteiger partial charge in [0.25, 0.3) is 0 Å². The molecule has 0 saturated heterocycles. The SMILES string of the molecule is C=C(CNc1cc(-c2ccccc2-c2nc(-c3ccccc3)c(-c3ccccc3)o2)ccc1C)OCCCC. The molecule has 0 saturated carbocycles. The zero-order chi connectivity index (χ0) is 27.0. The highest BCUT2D eigenvalue weighted by atomic mass is 16.5. The van der Waals surface area contributed by atoms with Gasteiger partial charge in [-0.1, -0.05) is 111 Å². The molecule has 0 atom stereocenters. The van der Waals surface area contributed by atoms with E-state index in [1.54, 1.807) is 0 Å². The first kappa shape index (κ1) is 26.1. The second-order valence-electron chi connectivity index (χ2n) is 9.60. The van der Waals surface area contributed by atoms with Crippen molar-refractivity contribution >= 4 is 5.69 Å². The number of hydrogen-bond donors (Lipinski definition) is 1. The summed E-state index contributed by atoms with van der Waals surface area (Å²) >= 11 is 0. The maximum Gasteiger partial charge on any atom is 0.227 e. The Morgan fingerprint density at radius 2 is 1.49 bits per heavy atom. The number of aromatic nitrogens is 1. The molecule has 0 unspecified atom stereocenters. The first-order chi connectivity index (χ1) is 19.1. The fourth-order valence-corrected chi connectivity index (χ4v) is 4.52. The minimum absolute atomic E-state index is 0.566. The van der Waals surface area contributed by atoms with Crippen molar-refractivity contribution in [1.82, 2.24) is 4.98 Å². The number of aryl methyl sites for hydroxylation is 1. The van der Waals surface area contributed by atoms with E-state index in [0.29, 0.717) is 19.0 Å². The molecule has 4 aromatic carbocycles. The number of nitrogens with zero attached hydrogens (tertiary/aromatic N) is 1. The molecule has 4 heteroatoms. The van der Waals surface area contributed by atoms with E-state index in [1.807, 2.05) is 48.5 Å². The molecule has 1 aromatic heterocycles. The summed E-state index contributed by atoms with van der Waals surface area (Å²) in [5.74, 6) is 2.10. The molecule has 0 amide bonds. The van der Waals surface area contributed by atoms with Gasteiger partial charge in [0, 0.05) is 22.4 Å². The van der Waals surface area contributed by atoms with Gasteiger partial charge in [0.05, 0.1) is 13.2 Å². The van der Waals surface area contributed by atoms with Crippen molar-refractivity contribution in [2.45, 2.75) is 26.7 Å². The second-order valence-corrected chi connectivity index (χ2v) is 9.60. The number of nitrogens with one attached hydrogen (secondary N) is 1. The van der Waals surface area contributed by atoms with Crippen LogP contribution < -0.4 is 5.32 Å². The summed E-state index contributed by atoms with van der Waals surface area (Å²) in [6, 6.07) is 35.1. The fourth-order valence-electron chi connectivity index (χ4n) is 4.52. The average Bonchev–Trinajstić information content (AvgIpc) is 3.43. The van der Waals surface area contributed by atoms with Gasteiger partial charge in [-0.05, 0) is 42.2 Å². The fraction of sp³-hybridized carbons (Fsp3) is 0.171. The lowest BCUT2D eigenvalue weighted by Crippen LogP contribution is -2.08. The maximum atomic E-state index is 6.53. The van der Waals surface area contributed by atoms with Gasteiger partial charge in [-0.2, -0.15) is 0 Å². The lowest BCUT2D eigenvalue weighted by molar-refractivity contribution is 0.208. The predicted octanol–water partition coefficient (Wildman–Crippen LogP) is 9.39. The van der Waals surface area contributed by atoms with Crippen LogP contribution in [-0.4, -0.2) is 18.1 Å². The van der Waals surface area contributed by atoms with Gasteiger partial charge < -0.3 is 14.5 Å². The molecule has 0 aliphatic rings. The normalized spacial score (nSPS) is 10.8. The van der Waals surface area contributed by atoms with Crippen molar-refractivity contribution in [1.29, 1.82) is 0 Å². The lowest BCUT2D eigenvalue weighted by atomic mass is 9.97. The number of hydrogen-bond acceptors (Lipinski definition) is 4. The third-order valence-electron chi connectivity index (χ3n) is 6.70. The number of ether oxygens (including phenoxy) is 1. The van der Waals surface area contributed by atoms with E-state index in [2.05, 4.69) is 80.3 Å². The molecule has 196 valence electrons. The van der Waals surface area contributed by atoms with Crippen LogP contribution in [0.2, 0.25) is 0 Å². The van der Waals surface area contributed by atoms with Crippen molar-refractivity contribution < 1.29 is 9.15 Å². The smallest absolute Gasteiger partial charge is 0.227 e. The van der Waals surface area contributed by atoms with E-state index < -0.39 is 0 Å². The quantitative estimate of drug-likeness (QED) is 0.141. The Hall–Kier alpha value is -4.57. The third kappa shape index (κ3) is 6.12. The van der Waals surface area contributed by atoms with Crippen LogP contribution in [0.1, 0.15) is 25.3 Å². The van der Waals surface area contributed by atoms with E-state index in [-0.39, 0.29) is 0 Å². The van der Waals surface area contributed by atoms with Gasteiger partial charge in [0.1, 0.15) is 11.5 Å². The number of anilines is 1. The Bertz CT molecular complexity index is 1480. The highest BCUT2D eigenvalue weighted by Gasteiger charge is 2.20. The van der Waals surface area contributed by atoms with E-state index >= 15 is 0 Å². The first-order valence-electron chi connectivity index (χ1n) is 13.5. The monoisotopic (exact) mass is 514 g/mol. The van der Waals surface area contributed by atoms with Crippen molar-refractivity contribution in [3.8, 4) is 45.2 Å². The molecular formula is C35H34N2O2. The van der Waals surface area contributed by atoms with E-state index in [0.717, 1.165) is 69.1 Å². The van der Waals surface area contributed by atoms with Gasteiger partial charge in [-0.15, -0.1) is 0 Å². The molecule has 39 heavy (non-hydrogen) atoms. The van der Waals surface area contributed by atoms with Crippen LogP contribution in [0.5, 0.6) is 0 Å². The highest BCUT2D eigenvalue weighted by molar-refractivity contribution is 5.85. The molecule has 0 radical (unpaired) electrons. The molecule has 0 bridgehead atoms. The van der Waals surface area contributed by atoms with Crippen LogP contribution in [0.4, 0.5) is 5.69 Å². The average molecular weight is 515 g/mol. The van der Waals surface area contributed by atoms with Crippen LogP contribution in [0.3, 0.4) is 0 Å². The van der Waals surface area contributed by atoms with E-state index in [1.165, 1.54) is 0 Å². The molecule has 1 heterocycles. The van der Waals surface area contributed by atoms with Crippen LogP contribution >= 0.6 is 0 Å². The molecule has 1 N–H and O–H groups in total. The Morgan fingerprint density at radius 3 is 2.21 bits per heavy atom. The summed E-state index contributed by atoms with van der Waals surface area (Å²) in [5, 5.41) is 3.50. The topological polar surface area (TPSA) is 47.3 Å². The van der Waals surface area contributed by atoms with Crippen molar-refractivity contribution in [2.75, 3.05) is 18.5 Å². The van der Waals surface area contributed by atoms with Crippen LogP contribution in [0.25, 0.3) is 45.2 Å². The van der Waals surface area contributed by atoms with E-state index in [4.69, 9.17) is 14.1 Å². The molecule has 5 aromatic rings. The summed E-state index contributed by atoms with van der Waals surface area (Å²) in [6.45, 7) is 9.59. The number of unbranched alkanes of at least 4 members (excludes halogenated alkanes) is 1. The first-order valence-corrected chi connectivity index (χ1v) is 13.5. The van der Waals surface area contributed by atoms with Crippen LogP contribution in [-0.2, 0) is 4.74 Å². The van der Waals surface area contributed by atoms with Gasteiger partial charge in [-0.25, -0.2) is 4.98 Å². The third-order valence-corrected chi connectivity index (χ3v) is 6.70. The highest BCUT2D eigenvalue weighted by Crippen LogP contribution is 2.39. The van der Waals surface area contributed by atoms with Gasteiger partial charge in [0.2, 0.25) is 5.89 Å². The Labute approximate surface area is 231 Å². The van der Waals surface area contributed by atoms with Gasteiger partial charge in [-0.3, -0.25) is 0 Å². The molecular weight excluding hydrogens is 480 g/mol. The summed E-state index contributed by atoms with van der Waals surface area (Å²) < 4.78 is 12.3. The molecule has 0 spiro atoms. The summed E-state index contributed by atoms with van der Waals surface area (Å²) in [7, 11) is 0. The standard InChI is InChI=1S/C35H34N2O2/c1-4-5-22-38-26(3)24-36-32-23-29(21-20-25(32)2)30-18-12-13-19-31(30)35-37-33(27-14-8-6-9-15-27)34(39-35)28-16-10-7-11-17-28/h6-21,23,36H,3-5,22,24H2,1-2H3. The maximum absolute atomic E-state index is 6.53. The van der Waals surface area contributed by atoms with E-state index in [9.17, 15) is 0 Å². The zero-order valence-corrected chi connectivity index (χ0v) is 22.6. The summed E-state index contributed by atoms with van der Waals surface area (Å²) in [4.78, 5) is 5.04. The zero-order valence-electron chi connectivity index (χ0n) is 22.6. The van der Waals surface area contributed by atoms with Gasteiger partial charge >= 0.3 is 0 Å².